The van der Waals surface area contributed by atoms with Crippen molar-refractivity contribution < 1.29 is 28.5 Å². The number of hydrogen-bond donors (Lipinski definition) is 2. The second-order valence-electron chi connectivity index (χ2n) is 1.15. The van der Waals surface area contributed by atoms with Crippen LogP contribution in [0.25, 0.3) is 0 Å². The summed E-state index contributed by atoms with van der Waals surface area (Å²) in [5, 5.41) is 4.00. The monoisotopic (exact) mass is 144 g/mol. The molecule has 0 unspecified atom stereocenters. The van der Waals surface area contributed by atoms with E-state index in [0.717, 1.165) is 0 Å². The fraction of sp³-hybridized carbons (Fsp3) is 1.00. The van der Waals surface area contributed by atoms with Gasteiger partial charge in [0.05, 0.1) is 28.2 Å². The minimum absolute atomic E-state index is 0. The third-order valence-corrected chi connectivity index (χ3v) is 0. The minimum atomic E-state index is 0. The lowest BCUT2D eigenvalue weighted by Crippen LogP contribution is -3.00. The third-order valence-electron chi connectivity index (χ3n) is 0. The summed E-state index contributed by atoms with van der Waals surface area (Å²) in [4.78, 5) is 0. The molecule has 0 aromatic rings. The molecule has 0 spiro atoms. The molecule has 0 fully saturated rings. The SMILES string of the molecule is C[NH2+]C.C[NH2+]C.[Cl-].[OH-]. The number of nitrogens with two attached hydrogens (primary N) is 2. The zero-order valence-electron chi connectivity index (χ0n) is 5.98. The molecule has 0 amide bonds. The maximum Gasteiger partial charge on any atom is 0.0647 e. The molecule has 5 N–H and O–H groups in total. The topological polar surface area (TPSA) is 63.2 Å². The molecule has 4 heteroatoms. The Labute approximate surface area is 57.6 Å². The molecule has 0 atom stereocenters. The van der Waals surface area contributed by atoms with Gasteiger partial charge in [-0.2, -0.15) is 0 Å². The van der Waals surface area contributed by atoms with E-state index in [1.54, 1.807) is 0 Å². The van der Waals surface area contributed by atoms with Crippen molar-refractivity contribution in [2.45, 2.75) is 0 Å². The zero-order valence-corrected chi connectivity index (χ0v) is 6.74. The van der Waals surface area contributed by atoms with Crippen molar-refractivity contribution in [2.24, 2.45) is 0 Å². The van der Waals surface area contributed by atoms with Crippen LogP contribution in [0.3, 0.4) is 0 Å². The molecular weight excluding hydrogens is 128 g/mol. The van der Waals surface area contributed by atoms with E-state index in [1.807, 2.05) is 38.8 Å². The highest BCUT2D eigenvalue weighted by Gasteiger charge is 1.29. The van der Waals surface area contributed by atoms with E-state index in [1.165, 1.54) is 0 Å². The number of quaternary nitrogens is 2. The molecule has 0 aromatic heterocycles. The van der Waals surface area contributed by atoms with Gasteiger partial charge >= 0.3 is 0 Å². The Morgan fingerprint density at radius 3 is 0.750 bits per heavy atom. The summed E-state index contributed by atoms with van der Waals surface area (Å²) < 4.78 is 0. The second kappa shape index (κ2) is 58.0. The predicted octanol–water partition coefficient (Wildman–Crippen LogP) is -5.55. The Bertz CT molecular complexity index is 16.0. The quantitative estimate of drug-likeness (QED) is 0.350. The molecule has 0 aromatic carbocycles. The van der Waals surface area contributed by atoms with Gasteiger partial charge in [0.2, 0.25) is 0 Å². The van der Waals surface area contributed by atoms with Gasteiger partial charge in [-0.3, -0.25) is 0 Å². The lowest BCUT2D eigenvalue weighted by atomic mass is 11.3. The van der Waals surface area contributed by atoms with Gasteiger partial charge in [-0.1, -0.05) is 0 Å². The molecule has 0 radical (unpaired) electrons. The van der Waals surface area contributed by atoms with Crippen molar-refractivity contribution in [2.75, 3.05) is 28.2 Å². The highest BCUT2D eigenvalue weighted by Crippen LogP contribution is 0.589. The van der Waals surface area contributed by atoms with Gasteiger partial charge in [0.15, 0.2) is 0 Å². The average molecular weight is 145 g/mol. The summed E-state index contributed by atoms with van der Waals surface area (Å²) in [5.41, 5.74) is 0. The van der Waals surface area contributed by atoms with Gasteiger partial charge in [0.1, 0.15) is 0 Å². The molecule has 0 saturated heterocycles. The van der Waals surface area contributed by atoms with Crippen LogP contribution in [-0.2, 0) is 0 Å². The second-order valence-corrected chi connectivity index (χ2v) is 1.15. The first-order chi connectivity index (χ1) is 2.83. The molecule has 0 saturated carbocycles. The first-order valence-corrected chi connectivity index (χ1v) is 2.31. The summed E-state index contributed by atoms with van der Waals surface area (Å²) in [6, 6.07) is 0. The first-order valence-electron chi connectivity index (χ1n) is 2.31. The van der Waals surface area contributed by atoms with Gasteiger partial charge in [-0.25, -0.2) is 0 Å². The molecule has 0 aliphatic rings. The standard InChI is InChI=1S/2C2H7N.ClH.H2O/c2*1-3-2;;/h2*3H,1-2H3;1H;1H2. The molecule has 0 aliphatic heterocycles. The Kier molecular flexibility index (Phi) is 175. The Morgan fingerprint density at radius 2 is 0.750 bits per heavy atom. The lowest BCUT2D eigenvalue weighted by molar-refractivity contribution is -0.597. The van der Waals surface area contributed by atoms with Crippen LogP contribution in [0.1, 0.15) is 0 Å². The van der Waals surface area contributed by atoms with E-state index in [9.17, 15) is 0 Å². The van der Waals surface area contributed by atoms with Crippen LogP contribution in [0.2, 0.25) is 0 Å². The summed E-state index contributed by atoms with van der Waals surface area (Å²) in [5.74, 6) is 0. The Morgan fingerprint density at radius 1 is 0.750 bits per heavy atom. The van der Waals surface area contributed by atoms with Gasteiger partial charge in [0.25, 0.3) is 0 Å². The van der Waals surface area contributed by atoms with Crippen LogP contribution in [0.5, 0.6) is 0 Å². The van der Waals surface area contributed by atoms with Gasteiger partial charge in [-0.15, -0.1) is 0 Å². The van der Waals surface area contributed by atoms with Crippen molar-refractivity contribution in [1.82, 2.24) is 0 Å². The molecule has 0 rings (SSSR count). The Hall–Kier alpha value is 0.170. The maximum absolute atomic E-state index is 2.00. The maximum atomic E-state index is 2.00. The molecule has 56 valence electrons. The summed E-state index contributed by atoms with van der Waals surface area (Å²) in [7, 11) is 8.00. The zero-order chi connectivity index (χ0) is 5.41. The van der Waals surface area contributed by atoms with Crippen LogP contribution in [0.4, 0.5) is 0 Å². The molecule has 3 nitrogen and oxygen atoms in total. The van der Waals surface area contributed by atoms with Crippen LogP contribution in [0, 0.1) is 0 Å². The van der Waals surface area contributed by atoms with Gasteiger partial charge in [0, 0.05) is 0 Å². The fourth-order valence-corrected chi connectivity index (χ4v) is 0. The van der Waals surface area contributed by atoms with Gasteiger partial charge in [-0.05, 0) is 0 Å². The van der Waals surface area contributed by atoms with Crippen molar-refractivity contribution in [3.63, 3.8) is 0 Å². The summed E-state index contributed by atoms with van der Waals surface area (Å²) in [6.45, 7) is 0. The van der Waals surface area contributed by atoms with Crippen LogP contribution in [0.15, 0.2) is 0 Å². The molecule has 0 heterocycles. The molecule has 0 bridgehead atoms. The van der Waals surface area contributed by atoms with Crippen molar-refractivity contribution in [1.29, 1.82) is 0 Å². The lowest BCUT2D eigenvalue weighted by Gasteiger charge is -1.57. The van der Waals surface area contributed by atoms with E-state index >= 15 is 0 Å². The predicted molar refractivity (Wildman–Crippen MR) is 29.5 cm³/mol. The first kappa shape index (κ1) is 24.2. The third kappa shape index (κ3) is 5710. The van der Waals surface area contributed by atoms with Crippen molar-refractivity contribution in [3.8, 4) is 0 Å². The van der Waals surface area contributed by atoms with E-state index in [2.05, 4.69) is 0 Å². The Balaban J connectivity index is -0.0000000160. The summed E-state index contributed by atoms with van der Waals surface area (Å²) in [6.07, 6.45) is 0. The number of rotatable bonds is 0. The smallest absolute Gasteiger partial charge is 0.0647 e. The molecular formula is C4H17ClN2O. The van der Waals surface area contributed by atoms with Crippen LogP contribution in [-0.4, -0.2) is 33.7 Å². The van der Waals surface area contributed by atoms with E-state index in [0.29, 0.717) is 0 Å². The highest BCUT2D eigenvalue weighted by atomic mass is 35.5. The molecule has 8 heavy (non-hydrogen) atoms. The number of halogens is 1. The number of hydrogen-bond acceptors (Lipinski definition) is 1. The highest BCUT2D eigenvalue weighted by molar-refractivity contribution is 3.35. The van der Waals surface area contributed by atoms with Crippen LogP contribution < -0.4 is 23.0 Å². The largest absolute Gasteiger partial charge is 1.00 e. The van der Waals surface area contributed by atoms with Crippen molar-refractivity contribution >= 4 is 0 Å². The molecule has 0 aliphatic carbocycles. The van der Waals surface area contributed by atoms with E-state index < -0.39 is 0 Å². The van der Waals surface area contributed by atoms with E-state index in [4.69, 9.17) is 0 Å². The van der Waals surface area contributed by atoms with Crippen molar-refractivity contribution in [3.05, 3.63) is 0 Å². The minimum Gasteiger partial charge on any atom is -1.00 e. The fourth-order valence-electron chi connectivity index (χ4n) is 0. The van der Waals surface area contributed by atoms with Crippen LogP contribution >= 0.6 is 0 Å². The normalized spacial score (nSPS) is 4.50. The summed E-state index contributed by atoms with van der Waals surface area (Å²) >= 11 is 0. The van der Waals surface area contributed by atoms with Gasteiger partial charge < -0.3 is 28.5 Å². The van der Waals surface area contributed by atoms with E-state index in [-0.39, 0.29) is 17.9 Å². The average Bonchev–Trinajstić information content (AvgIpc) is 1.39.